The van der Waals surface area contributed by atoms with Crippen molar-refractivity contribution in [3.8, 4) is 0 Å². The maximum absolute atomic E-state index is 13.5. The molecule has 2 rings (SSSR count). The molecule has 0 fully saturated rings. The van der Waals surface area contributed by atoms with Crippen LogP contribution in [-0.4, -0.2) is 32.0 Å². The highest BCUT2D eigenvalue weighted by molar-refractivity contribution is 14.0. The average molecular weight is 446 g/mol. The lowest BCUT2D eigenvalue weighted by molar-refractivity contribution is 0.0950. The summed E-state index contributed by atoms with van der Waals surface area (Å²) in [5.74, 6) is 0.402. The molecule has 3 N–H and O–H groups in total. The summed E-state index contributed by atoms with van der Waals surface area (Å²) in [6.07, 6.45) is 1.60. The van der Waals surface area contributed by atoms with Gasteiger partial charge in [-0.2, -0.15) is 0 Å². The lowest BCUT2D eigenvalue weighted by atomic mass is 10.2. The highest BCUT2D eigenvalue weighted by Crippen LogP contribution is 2.05. The van der Waals surface area contributed by atoms with Gasteiger partial charge < -0.3 is 20.4 Å². The zero-order chi connectivity index (χ0) is 16.5. The number of carbonyl (C=O) groups excluding carboxylic acids is 1. The van der Waals surface area contributed by atoms with Crippen molar-refractivity contribution >= 4 is 35.8 Å². The Kier molecular flexibility index (Phi) is 8.84. The van der Waals surface area contributed by atoms with E-state index in [2.05, 4.69) is 20.9 Å². The molecule has 0 spiro atoms. The van der Waals surface area contributed by atoms with Crippen LogP contribution in [0.5, 0.6) is 0 Å². The molecule has 1 aromatic heterocycles. The lowest BCUT2D eigenvalue weighted by Crippen LogP contribution is -2.41. The molecule has 1 aromatic carbocycles. The predicted octanol–water partition coefficient (Wildman–Crippen LogP) is 2.13. The number of hydrogen-bond donors (Lipinski definition) is 3. The van der Waals surface area contributed by atoms with E-state index in [4.69, 9.17) is 4.42 Å². The summed E-state index contributed by atoms with van der Waals surface area (Å²) in [6, 6.07) is 9.54. The highest BCUT2D eigenvalue weighted by Gasteiger charge is 2.09. The van der Waals surface area contributed by atoms with E-state index in [9.17, 15) is 9.18 Å². The van der Waals surface area contributed by atoms with E-state index in [1.54, 1.807) is 25.4 Å². The highest BCUT2D eigenvalue weighted by atomic mass is 127. The minimum atomic E-state index is -0.533. The molecule has 0 saturated heterocycles. The van der Waals surface area contributed by atoms with Crippen molar-refractivity contribution in [1.29, 1.82) is 0 Å². The molecule has 8 heteroatoms. The van der Waals surface area contributed by atoms with Crippen LogP contribution < -0.4 is 16.0 Å². The third kappa shape index (κ3) is 6.19. The Labute approximate surface area is 156 Å². The van der Waals surface area contributed by atoms with Crippen LogP contribution in [0.15, 0.2) is 52.1 Å². The number of nitrogens with zero attached hydrogens (tertiary/aromatic N) is 1. The smallest absolute Gasteiger partial charge is 0.254 e. The molecule has 0 atom stereocenters. The normalized spacial score (nSPS) is 10.7. The van der Waals surface area contributed by atoms with Gasteiger partial charge in [0.25, 0.3) is 5.91 Å². The van der Waals surface area contributed by atoms with Crippen molar-refractivity contribution in [3.05, 3.63) is 59.8 Å². The van der Waals surface area contributed by atoms with E-state index >= 15 is 0 Å². The molecule has 1 heterocycles. The van der Waals surface area contributed by atoms with Crippen molar-refractivity contribution < 1.29 is 13.6 Å². The van der Waals surface area contributed by atoms with E-state index in [1.807, 2.05) is 12.1 Å². The quantitative estimate of drug-likeness (QED) is 0.275. The van der Waals surface area contributed by atoms with Gasteiger partial charge in [0.05, 0.1) is 18.4 Å². The van der Waals surface area contributed by atoms with Gasteiger partial charge >= 0.3 is 0 Å². The van der Waals surface area contributed by atoms with E-state index in [0.29, 0.717) is 25.6 Å². The summed E-state index contributed by atoms with van der Waals surface area (Å²) in [4.78, 5) is 15.9. The summed E-state index contributed by atoms with van der Waals surface area (Å²) in [6.45, 7) is 1.31. The first-order chi connectivity index (χ1) is 11.2. The summed E-state index contributed by atoms with van der Waals surface area (Å²) in [5, 5.41) is 8.76. The van der Waals surface area contributed by atoms with Gasteiger partial charge in [-0.1, -0.05) is 12.1 Å². The molecule has 2 aromatic rings. The third-order valence-corrected chi connectivity index (χ3v) is 3.06. The monoisotopic (exact) mass is 446 g/mol. The van der Waals surface area contributed by atoms with Gasteiger partial charge in [0.1, 0.15) is 11.6 Å². The second kappa shape index (κ2) is 10.6. The fourth-order valence-corrected chi connectivity index (χ4v) is 1.90. The molecule has 6 nitrogen and oxygen atoms in total. The molecule has 0 unspecified atom stereocenters. The number of rotatable bonds is 6. The molecule has 1 amide bonds. The van der Waals surface area contributed by atoms with Crippen LogP contribution in [0.25, 0.3) is 0 Å². The van der Waals surface area contributed by atoms with E-state index < -0.39 is 11.7 Å². The summed E-state index contributed by atoms with van der Waals surface area (Å²) in [5.41, 5.74) is 0.0350. The SMILES string of the molecule is CN=C(NCCNC(=O)c1ccccc1F)NCc1ccco1.I. The van der Waals surface area contributed by atoms with Crippen LogP contribution in [0.1, 0.15) is 16.1 Å². The Morgan fingerprint density at radius 2 is 1.88 bits per heavy atom. The van der Waals surface area contributed by atoms with E-state index in [1.165, 1.54) is 12.1 Å². The van der Waals surface area contributed by atoms with Crippen molar-refractivity contribution in [2.24, 2.45) is 4.99 Å². The Bertz CT molecular complexity index is 662. The fourth-order valence-electron chi connectivity index (χ4n) is 1.90. The number of carbonyl (C=O) groups is 1. The van der Waals surface area contributed by atoms with E-state index in [-0.39, 0.29) is 29.5 Å². The first kappa shape index (κ1) is 19.9. The van der Waals surface area contributed by atoms with Crippen LogP contribution >= 0.6 is 24.0 Å². The number of benzene rings is 1. The molecule has 24 heavy (non-hydrogen) atoms. The van der Waals surface area contributed by atoms with Gasteiger partial charge in [-0.25, -0.2) is 4.39 Å². The molecule has 0 aliphatic heterocycles. The number of furan rings is 1. The summed E-state index contributed by atoms with van der Waals surface area (Å²) in [7, 11) is 1.65. The second-order valence-corrected chi connectivity index (χ2v) is 4.67. The molecule has 0 saturated carbocycles. The van der Waals surface area contributed by atoms with E-state index in [0.717, 1.165) is 5.76 Å². The molecule has 0 aliphatic carbocycles. The first-order valence-electron chi connectivity index (χ1n) is 7.20. The minimum absolute atomic E-state index is 0. The molecular formula is C16H20FIN4O2. The molecule has 130 valence electrons. The Morgan fingerprint density at radius 3 is 2.54 bits per heavy atom. The first-order valence-corrected chi connectivity index (χ1v) is 7.20. The number of amides is 1. The molecule has 0 aliphatic rings. The number of guanidine groups is 1. The van der Waals surface area contributed by atoms with Gasteiger partial charge in [0.15, 0.2) is 5.96 Å². The van der Waals surface area contributed by atoms with Crippen LogP contribution in [0.2, 0.25) is 0 Å². The maximum Gasteiger partial charge on any atom is 0.254 e. The van der Waals surface area contributed by atoms with Crippen LogP contribution in [0, 0.1) is 5.82 Å². The van der Waals surface area contributed by atoms with Gasteiger partial charge in [0, 0.05) is 20.1 Å². The van der Waals surface area contributed by atoms with Gasteiger partial charge in [-0.05, 0) is 24.3 Å². The van der Waals surface area contributed by atoms with Crippen molar-refractivity contribution in [3.63, 3.8) is 0 Å². The van der Waals surface area contributed by atoms with Crippen LogP contribution in [0.3, 0.4) is 0 Å². The Morgan fingerprint density at radius 1 is 1.12 bits per heavy atom. The zero-order valence-electron chi connectivity index (χ0n) is 13.2. The predicted molar refractivity (Wildman–Crippen MR) is 101 cm³/mol. The average Bonchev–Trinajstić information content (AvgIpc) is 3.08. The standard InChI is InChI=1S/C16H19FN4O2.HI/c1-18-16(21-11-12-5-4-10-23-12)20-9-8-19-15(22)13-6-2-3-7-14(13)17;/h2-7,10H,8-9,11H2,1H3,(H,19,22)(H2,18,20,21);1H. The number of aliphatic imine (C=N–C) groups is 1. The van der Waals surface area contributed by atoms with Gasteiger partial charge in [-0.3, -0.25) is 9.79 Å². The van der Waals surface area contributed by atoms with Gasteiger partial charge in [-0.15, -0.1) is 24.0 Å². The third-order valence-electron chi connectivity index (χ3n) is 3.06. The zero-order valence-corrected chi connectivity index (χ0v) is 15.5. The number of nitrogens with one attached hydrogen (secondary N) is 3. The lowest BCUT2D eigenvalue weighted by Gasteiger charge is -2.11. The van der Waals surface area contributed by atoms with Crippen molar-refractivity contribution in [1.82, 2.24) is 16.0 Å². The van der Waals surface area contributed by atoms with Crippen molar-refractivity contribution in [2.75, 3.05) is 20.1 Å². The molecular weight excluding hydrogens is 426 g/mol. The Hall–Kier alpha value is -2.10. The van der Waals surface area contributed by atoms with Crippen LogP contribution in [0.4, 0.5) is 4.39 Å². The largest absolute Gasteiger partial charge is 0.467 e. The van der Waals surface area contributed by atoms with Crippen LogP contribution in [-0.2, 0) is 6.54 Å². The number of halogens is 2. The maximum atomic E-state index is 13.5. The minimum Gasteiger partial charge on any atom is -0.467 e. The topological polar surface area (TPSA) is 78.7 Å². The van der Waals surface area contributed by atoms with Gasteiger partial charge in [0.2, 0.25) is 0 Å². The van der Waals surface area contributed by atoms with Crippen molar-refractivity contribution in [2.45, 2.75) is 6.54 Å². The summed E-state index contributed by atoms with van der Waals surface area (Å²) >= 11 is 0. The summed E-state index contributed by atoms with van der Waals surface area (Å²) < 4.78 is 18.7. The fraction of sp³-hybridized carbons (Fsp3) is 0.250. The molecule has 0 bridgehead atoms. The Balaban J connectivity index is 0.00000288. The molecule has 0 radical (unpaired) electrons. The number of hydrogen-bond acceptors (Lipinski definition) is 3. The second-order valence-electron chi connectivity index (χ2n) is 4.67.